The van der Waals surface area contributed by atoms with E-state index >= 15 is 0 Å². The minimum atomic E-state index is -4.64. The lowest BCUT2D eigenvalue weighted by Gasteiger charge is -2.09. The molecule has 9 heteroatoms. The zero-order valence-corrected chi connectivity index (χ0v) is 7.69. The first-order chi connectivity index (χ1) is 6.22. The Morgan fingerprint density at radius 2 is 1.79 bits per heavy atom. The molecule has 0 saturated heterocycles. The minimum Gasteiger partial charge on any atom is -0.481 e. The van der Waals surface area contributed by atoms with Crippen LogP contribution in [0.1, 0.15) is 12.8 Å². The Morgan fingerprint density at radius 1 is 1.29 bits per heavy atom. The second kappa shape index (κ2) is 4.88. The van der Waals surface area contributed by atoms with E-state index in [2.05, 4.69) is 0 Å². The van der Waals surface area contributed by atoms with Gasteiger partial charge in [0.05, 0.1) is 0 Å². The van der Waals surface area contributed by atoms with Crippen LogP contribution in [-0.2, 0) is 19.9 Å². The SMILES string of the molecule is O=C(O)CCC(NS(=O)(=O)O)C(=O)O. The van der Waals surface area contributed by atoms with E-state index in [9.17, 15) is 18.0 Å². The first kappa shape index (κ1) is 12.8. The first-order valence-corrected chi connectivity index (χ1v) is 4.85. The molecule has 0 heterocycles. The van der Waals surface area contributed by atoms with Crippen molar-refractivity contribution in [3.8, 4) is 0 Å². The van der Waals surface area contributed by atoms with Crippen LogP contribution in [0.25, 0.3) is 0 Å². The van der Waals surface area contributed by atoms with Gasteiger partial charge in [0, 0.05) is 6.42 Å². The molecule has 8 nitrogen and oxygen atoms in total. The summed E-state index contributed by atoms with van der Waals surface area (Å²) in [6, 6.07) is -1.64. The number of carbonyl (C=O) groups is 2. The Morgan fingerprint density at radius 3 is 2.07 bits per heavy atom. The molecule has 0 spiro atoms. The number of aliphatic carboxylic acids is 2. The molecule has 0 aromatic rings. The van der Waals surface area contributed by atoms with Crippen LogP contribution in [-0.4, -0.2) is 41.2 Å². The fourth-order valence-electron chi connectivity index (χ4n) is 0.680. The summed E-state index contributed by atoms with van der Waals surface area (Å²) in [5.41, 5.74) is 0. The summed E-state index contributed by atoms with van der Waals surface area (Å²) >= 11 is 0. The van der Waals surface area contributed by atoms with Crippen molar-refractivity contribution in [3.63, 3.8) is 0 Å². The standard InChI is InChI=1S/C5H9NO7S/c7-4(8)2-1-3(5(9)10)6-14(11,12)13/h3,6H,1-2H2,(H,7,8)(H,9,10)(H,11,12,13). The molecule has 0 aliphatic rings. The van der Waals surface area contributed by atoms with E-state index in [1.54, 1.807) is 0 Å². The fraction of sp³-hybridized carbons (Fsp3) is 0.600. The van der Waals surface area contributed by atoms with Crippen LogP contribution >= 0.6 is 0 Å². The Hall–Kier alpha value is -1.19. The van der Waals surface area contributed by atoms with Gasteiger partial charge in [-0.2, -0.15) is 13.1 Å². The summed E-state index contributed by atoms with van der Waals surface area (Å²) < 4.78 is 30.1. The average molecular weight is 227 g/mol. The maximum Gasteiger partial charge on any atom is 0.334 e. The number of carboxylic acids is 2. The molecule has 4 N–H and O–H groups in total. The summed E-state index contributed by atoms with van der Waals surface area (Å²) in [7, 11) is -4.64. The highest BCUT2D eigenvalue weighted by Gasteiger charge is 2.22. The minimum absolute atomic E-state index is 0.440. The van der Waals surface area contributed by atoms with Crippen molar-refractivity contribution in [3.05, 3.63) is 0 Å². The predicted molar refractivity (Wildman–Crippen MR) is 43.0 cm³/mol. The van der Waals surface area contributed by atoms with Gasteiger partial charge in [0.1, 0.15) is 6.04 Å². The second-order valence-electron chi connectivity index (χ2n) is 2.42. The molecule has 0 saturated carbocycles. The molecular weight excluding hydrogens is 218 g/mol. The van der Waals surface area contributed by atoms with Gasteiger partial charge in [-0.3, -0.25) is 14.1 Å². The van der Waals surface area contributed by atoms with Crippen molar-refractivity contribution in [1.82, 2.24) is 4.72 Å². The van der Waals surface area contributed by atoms with Gasteiger partial charge >= 0.3 is 22.2 Å². The third kappa shape index (κ3) is 6.34. The molecular formula is C5H9NO7S. The lowest BCUT2D eigenvalue weighted by Crippen LogP contribution is -2.40. The maximum absolute atomic E-state index is 10.4. The molecule has 0 amide bonds. The Balaban J connectivity index is 4.32. The summed E-state index contributed by atoms with van der Waals surface area (Å²) in [5, 5.41) is 16.6. The zero-order chi connectivity index (χ0) is 11.4. The van der Waals surface area contributed by atoms with E-state index < -0.39 is 41.1 Å². The lowest BCUT2D eigenvalue weighted by molar-refractivity contribution is -0.140. The Bertz CT molecular complexity index is 321. The van der Waals surface area contributed by atoms with Crippen molar-refractivity contribution < 1.29 is 32.8 Å². The topological polar surface area (TPSA) is 141 Å². The van der Waals surface area contributed by atoms with E-state index in [-0.39, 0.29) is 0 Å². The highest BCUT2D eigenvalue weighted by molar-refractivity contribution is 7.83. The third-order valence-corrected chi connectivity index (χ3v) is 1.82. The lowest BCUT2D eigenvalue weighted by atomic mass is 10.2. The van der Waals surface area contributed by atoms with Gasteiger partial charge in [-0.05, 0) is 6.42 Å². The van der Waals surface area contributed by atoms with E-state index in [0.29, 0.717) is 0 Å². The molecule has 14 heavy (non-hydrogen) atoms. The van der Waals surface area contributed by atoms with E-state index in [0.717, 1.165) is 0 Å². The highest BCUT2D eigenvalue weighted by Crippen LogP contribution is 1.99. The summed E-state index contributed by atoms with van der Waals surface area (Å²) in [5.74, 6) is -2.81. The van der Waals surface area contributed by atoms with Gasteiger partial charge in [0.25, 0.3) is 0 Å². The molecule has 0 aliphatic carbocycles. The van der Waals surface area contributed by atoms with Crippen LogP contribution in [0.3, 0.4) is 0 Å². The summed E-state index contributed by atoms with van der Waals surface area (Å²) in [6.45, 7) is 0. The fourth-order valence-corrected chi connectivity index (χ4v) is 1.26. The van der Waals surface area contributed by atoms with Crippen LogP contribution < -0.4 is 4.72 Å². The first-order valence-electron chi connectivity index (χ1n) is 3.41. The van der Waals surface area contributed by atoms with Crippen molar-refractivity contribution in [2.75, 3.05) is 0 Å². The van der Waals surface area contributed by atoms with Gasteiger partial charge < -0.3 is 10.2 Å². The molecule has 0 aliphatic heterocycles. The van der Waals surface area contributed by atoms with Gasteiger partial charge in [-0.1, -0.05) is 0 Å². The second-order valence-corrected chi connectivity index (χ2v) is 3.60. The summed E-state index contributed by atoms with van der Waals surface area (Å²) in [6.07, 6.45) is -0.954. The third-order valence-electron chi connectivity index (χ3n) is 1.24. The smallest absolute Gasteiger partial charge is 0.334 e. The van der Waals surface area contributed by atoms with Crippen LogP contribution in [0.15, 0.2) is 0 Å². The van der Waals surface area contributed by atoms with Crippen LogP contribution in [0.2, 0.25) is 0 Å². The van der Waals surface area contributed by atoms with Crippen molar-refractivity contribution in [2.45, 2.75) is 18.9 Å². The molecule has 0 aromatic heterocycles. The summed E-state index contributed by atoms with van der Waals surface area (Å²) in [4.78, 5) is 20.4. The number of hydrogen-bond acceptors (Lipinski definition) is 4. The normalized spacial score (nSPS) is 13.5. The quantitative estimate of drug-likeness (QED) is 0.413. The van der Waals surface area contributed by atoms with Gasteiger partial charge in [0.15, 0.2) is 0 Å². The molecule has 0 fully saturated rings. The molecule has 1 atom stereocenters. The molecule has 82 valence electrons. The number of nitrogens with one attached hydrogen (secondary N) is 1. The van der Waals surface area contributed by atoms with Gasteiger partial charge in [-0.15, -0.1) is 0 Å². The molecule has 0 aromatic carbocycles. The molecule has 0 rings (SSSR count). The monoisotopic (exact) mass is 227 g/mol. The average Bonchev–Trinajstić information content (AvgIpc) is 1.94. The Kier molecular flexibility index (Phi) is 4.47. The van der Waals surface area contributed by atoms with Gasteiger partial charge in [0.2, 0.25) is 0 Å². The molecule has 1 unspecified atom stereocenters. The number of rotatable bonds is 6. The van der Waals surface area contributed by atoms with E-state index in [1.165, 1.54) is 4.72 Å². The van der Waals surface area contributed by atoms with Gasteiger partial charge in [-0.25, -0.2) is 0 Å². The predicted octanol–water partition coefficient (Wildman–Crippen LogP) is -1.30. The van der Waals surface area contributed by atoms with Crippen LogP contribution in [0.4, 0.5) is 0 Å². The Labute approximate surface area is 79.4 Å². The van der Waals surface area contributed by atoms with Crippen LogP contribution in [0.5, 0.6) is 0 Å². The largest absolute Gasteiger partial charge is 0.481 e. The van der Waals surface area contributed by atoms with E-state index in [4.69, 9.17) is 14.8 Å². The molecule has 0 radical (unpaired) electrons. The van der Waals surface area contributed by atoms with E-state index in [1.807, 2.05) is 0 Å². The van der Waals surface area contributed by atoms with Crippen LogP contribution in [0, 0.1) is 0 Å². The van der Waals surface area contributed by atoms with Crippen molar-refractivity contribution >= 4 is 22.2 Å². The zero-order valence-electron chi connectivity index (χ0n) is 6.87. The highest BCUT2D eigenvalue weighted by atomic mass is 32.2. The maximum atomic E-state index is 10.4. The molecule has 0 bridgehead atoms. The number of carboxylic acid groups (broad SMARTS) is 2. The van der Waals surface area contributed by atoms with Crippen molar-refractivity contribution in [2.24, 2.45) is 0 Å². The number of hydrogen-bond donors (Lipinski definition) is 4. The van der Waals surface area contributed by atoms with Crippen molar-refractivity contribution in [1.29, 1.82) is 0 Å².